The van der Waals surface area contributed by atoms with E-state index in [9.17, 15) is 10.2 Å². The summed E-state index contributed by atoms with van der Waals surface area (Å²) < 4.78 is 0. The molecule has 1 aromatic carbocycles. The van der Waals surface area contributed by atoms with Crippen molar-refractivity contribution in [1.29, 1.82) is 0 Å². The standard InChI is InChI=1S/C26H37NO2/c1-19-8-7-10-20(14-19)16-23(28)11-12-24-25-17-21(15-22(25)18-26(24)29)9-5-4-6-13-27(2)3/h5,7-12,14-15,22-26,28-29H,4,6,13,16-18H2,1-3H3/t22-,23+,24+,25-,26+/m0/s1. The van der Waals surface area contributed by atoms with E-state index in [-0.39, 0.29) is 12.0 Å². The SMILES string of the molecule is Cc1cccc(C[C@H](O)C=C[C@@H]2[C@H]3CC(C=CCCCN(C)C)=C[C@H]3C[C@H]2O)c1. The summed E-state index contributed by atoms with van der Waals surface area (Å²) in [4.78, 5) is 2.22. The summed E-state index contributed by atoms with van der Waals surface area (Å²) in [5.41, 5.74) is 3.78. The average molecular weight is 396 g/mol. The number of rotatable bonds is 9. The number of hydrogen-bond acceptors (Lipinski definition) is 3. The van der Waals surface area contributed by atoms with Crippen LogP contribution in [0.1, 0.15) is 36.8 Å². The van der Waals surface area contributed by atoms with Crippen molar-refractivity contribution in [3.8, 4) is 0 Å². The Bertz CT molecular complexity index is 749. The van der Waals surface area contributed by atoms with Gasteiger partial charge in [-0.25, -0.2) is 0 Å². The molecule has 0 bridgehead atoms. The maximum Gasteiger partial charge on any atom is 0.0761 e. The summed E-state index contributed by atoms with van der Waals surface area (Å²) in [7, 11) is 4.22. The van der Waals surface area contributed by atoms with Crippen molar-refractivity contribution in [3.63, 3.8) is 0 Å². The number of allylic oxidation sites excluding steroid dienone is 4. The number of unbranched alkanes of at least 4 members (excludes halogenated alkanes) is 1. The van der Waals surface area contributed by atoms with Gasteiger partial charge >= 0.3 is 0 Å². The second kappa shape index (κ2) is 10.4. The number of aliphatic hydroxyl groups excluding tert-OH is 2. The van der Waals surface area contributed by atoms with Gasteiger partial charge in [0.1, 0.15) is 0 Å². The van der Waals surface area contributed by atoms with Crippen molar-refractivity contribution in [2.45, 2.75) is 51.2 Å². The summed E-state index contributed by atoms with van der Waals surface area (Å²) in [6.45, 7) is 3.20. The number of benzene rings is 1. The summed E-state index contributed by atoms with van der Waals surface area (Å²) in [5.74, 6) is 1.08. The third kappa shape index (κ3) is 6.40. The maximum atomic E-state index is 10.5. The van der Waals surface area contributed by atoms with Gasteiger partial charge in [-0.2, -0.15) is 0 Å². The molecule has 2 aliphatic carbocycles. The molecule has 0 unspecified atom stereocenters. The van der Waals surface area contributed by atoms with Gasteiger partial charge in [-0.3, -0.25) is 0 Å². The van der Waals surface area contributed by atoms with Crippen LogP contribution in [0.5, 0.6) is 0 Å². The molecular formula is C26H37NO2. The van der Waals surface area contributed by atoms with E-state index < -0.39 is 6.10 Å². The van der Waals surface area contributed by atoms with Crippen molar-refractivity contribution >= 4 is 0 Å². The van der Waals surface area contributed by atoms with Crippen LogP contribution in [-0.2, 0) is 6.42 Å². The van der Waals surface area contributed by atoms with Crippen molar-refractivity contribution in [2.24, 2.45) is 17.8 Å². The van der Waals surface area contributed by atoms with Crippen LogP contribution in [0.25, 0.3) is 0 Å². The lowest BCUT2D eigenvalue weighted by atomic mass is 9.89. The topological polar surface area (TPSA) is 43.7 Å². The molecule has 29 heavy (non-hydrogen) atoms. The highest BCUT2D eigenvalue weighted by Gasteiger charge is 2.42. The van der Waals surface area contributed by atoms with E-state index in [1.807, 2.05) is 12.1 Å². The molecule has 0 heterocycles. The van der Waals surface area contributed by atoms with Gasteiger partial charge in [-0.1, -0.05) is 65.8 Å². The molecule has 2 N–H and O–H groups in total. The Kier molecular flexibility index (Phi) is 7.88. The molecular weight excluding hydrogens is 358 g/mol. The van der Waals surface area contributed by atoms with Crippen molar-refractivity contribution in [3.05, 3.63) is 71.3 Å². The fourth-order valence-electron chi connectivity index (χ4n) is 4.84. The third-order valence-corrected chi connectivity index (χ3v) is 6.29. The van der Waals surface area contributed by atoms with Crippen molar-refractivity contribution in [2.75, 3.05) is 20.6 Å². The predicted molar refractivity (Wildman–Crippen MR) is 121 cm³/mol. The first-order chi connectivity index (χ1) is 13.9. The Balaban J connectivity index is 1.51. The molecule has 0 radical (unpaired) electrons. The van der Waals surface area contributed by atoms with Crippen LogP contribution in [0.3, 0.4) is 0 Å². The van der Waals surface area contributed by atoms with Gasteiger partial charge in [0.2, 0.25) is 0 Å². The van der Waals surface area contributed by atoms with Crippen LogP contribution in [0.4, 0.5) is 0 Å². The fraction of sp³-hybridized carbons (Fsp3) is 0.538. The first-order valence-electron chi connectivity index (χ1n) is 11.0. The molecule has 1 aromatic rings. The van der Waals surface area contributed by atoms with Gasteiger partial charge in [-0.05, 0) is 70.6 Å². The predicted octanol–water partition coefficient (Wildman–Crippen LogP) is 4.30. The van der Waals surface area contributed by atoms with E-state index in [4.69, 9.17) is 0 Å². The number of hydrogen-bond donors (Lipinski definition) is 2. The Morgan fingerprint density at radius 2 is 2.10 bits per heavy atom. The molecule has 5 atom stereocenters. The Morgan fingerprint density at radius 3 is 2.86 bits per heavy atom. The zero-order valence-electron chi connectivity index (χ0n) is 18.2. The Morgan fingerprint density at radius 1 is 1.28 bits per heavy atom. The molecule has 0 aliphatic heterocycles. The second-order valence-electron chi connectivity index (χ2n) is 9.15. The molecule has 3 nitrogen and oxygen atoms in total. The molecule has 0 aromatic heterocycles. The third-order valence-electron chi connectivity index (χ3n) is 6.29. The maximum absolute atomic E-state index is 10.5. The highest BCUT2D eigenvalue weighted by molar-refractivity contribution is 5.29. The van der Waals surface area contributed by atoms with E-state index in [0.29, 0.717) is 18.3 Å². The van der Waals surface area contributed by atoms with Crippen LogP contribution in [-0.4, -0.2) is 48.0 Å². The van der Waals surface area contributed by atoms with E-state index in [1.165, 1.54) is 17.6 Å². The molecule has 3 heteroatoms. The summed E-state index contributed by atoms with van der Waals surface area (Å²) in [5, 5.41) is 21.0. The first-order valence-corrected chi connectivity index (χ1v) is 11.0. The van der Waals surface area contributed by atoms with E-state index in [2.05, 4.69) is 68.4 Å². The molecule has 0 saturated heterocycles. The van der Waals surface area contributed by atoms with Crippen LogP contribution in [0.15, 0.2) is 60.2 Å². The largest absolute Gasteiger partial charge is 0.392 e. The molecule has 158 valence electrons. The Hall–Kier alpha value is -1.68. The summed E-state index contributed by atoms with van der Waals surface area (Å²) >= 11 is 0. The minimum atomic E-state index is -0.506. The lowest BCUT2D eigenvalue weighted by molar-refractivity contribution is 0.140. The highest BCUT2D eigenvalue weighted by Crippen LogP contribution is 2.47. The van der Waals surface area contributed by atoms with Crippen LogP contribution in [0.2, 0.25) is 0 Å². The minimum absolute atomic E-state index is 0.142. The van der Waals surface area contributed by atoms with Gasteiger partial charge in [0, 0.05) is 12.3 Å². The smallest absolute Gasteiger partial charge is 0.0761 e. The number of nitrogens with zero attached hydrogens (tertiary/aromatic N) is 1. The molecule has 1 saturated carbocycles. The molecule has 3 rings (SSSR count). The van der Waals surface area contributed by atoms with Gasteiger partial charge in [-0.15, -0.1) is 0 Å². The van der Waals surface area contributed by atoms with Crippen LogP contribution >= 0.6 is 0 Å². The van der Waals surface area contributed by atoms with Crippen LogP contribution < -0.4 is 0 Å². The molecule has 1 fully saturated rings. The fourth-order valence-corrected chi connectivity index (χ4v) is 4.84. The highest BCUT2D eigenvalue weighted by atomic mass is 16.3. The zero-order valence-corrected chi connectivity index (χ0v) is 18.2. The number of fused-ring (bicyclic) bond motifs is 1. The molecule has 2 aliphatic rings. The van der Waals surface area contributed by atoms with E-state index >= 15 is 0 Å². The first kappa shape index (κ1) is 22.0. The zero-order chi connectivity index (χ0) is 20.8. The number of aryl methyl sites for hydroxylation is 1. The van der Waals surface area contributed by atoms with E-state index in [1.54, 1.807) is 0 Å². The molecule has 0 spiro atoms. The van der Waals surface area contributed by atoms with Gasteiger partial charge in [0.25, 0.3) is 0 Å². The van der Waals surface area contributed by atoms with Gasteiger partial charge in [0.05, 0.1) is 12.2 Å². The number of aliphatic hydroxyl groups is 2. The van der Waals surface area contributed by atoms with Gasteiger partial charge in [0.15, 0.2) is 0 Å². The quantitative estimate of drug-likeness (QED) is 0.484. The monoisotopic (exact) mass is 395 g/mol. The summed E-state index contributed by atoms with van der Waals surface area (Å²) in [6, 6.07) is 8.28. The van der Waals surface area contributed by atoms with Gasteiger partial charge < -0.3 is 15.1 Å². The second-order valence-corrected chi connectivity index (χ2v) is 9.15. The minimum Gasteiger partial charge on any atom is -0.392 e. The summed E-state index contributed by atoms with van der Waals surface area (Å²) in [6.07, 6.45) is 14.9. The average Bonchev–Trinajstić information content (AvgIpc) is 3.16. The molecule has 0 amide bonds. The van der Waals surface area contributed by atoms with Crippen LogP contribution in [0, 0.1) is 24.7 Å². The Labute approximate surface area is 176 Å². The lowest BCUT2D eigenvalue weighted by Crippen LogP contribution is -2.18. The van der Waals surface area contributed by atoms with E-state index in [0.717, 1.165) is 31.4 Å². The normalized spacial score (nSPS) is 27.9. The van der Waals surface area contributed by atoms with Crippen molar-refractivity contribution < 1.29 is 10.2 Å². The van der Waals surface area contributed by atoms with Crippen molar-refractivity contribution in [1.82, 2.24) is 4.90 Å². The lowest BCUT2D eigenvalue weighted by Gasteiger charge is -2.18.